The summed E-state index contributed by atoms with van der Waals surface area (Å²) in [6.07, 6.45) is 0. The highest BCUT2D eigenvalue weighted by atomic mass is 79.9. The molecule has 7 heteroatoms. The maximum absolute atomic E-state index is 12.8. The summed E-state index contributed by atoms with van der Waals surface area (Å²) in [6.45, 7) is 1.99. The quantitative estimate of drug-likeness (QED) is 0.406. The Bertz CT molecular complexity index is 1190. The van der Waals surface area contributed by atoms with Crippen molar-refractivity contribution in [2.45, 2.75) is 6.92 Å². The Morgan fingerprint density at radius 3 is 2.52 bits per heavy atom. The van der Waals surface area contributed by atoms with Crippen LogP contribution in [0.3, 0.4) is 0 Å². The van der Waals surface area contributed by atoms with Crippen LogP contribution >= 0.6 is 27.5 Å². The first kappa shape index (κ1) is 19.4. The van der Waals surface area contributed by atoms with Crippen LogP contribution in [0.5, 0.6) is 0 Å². The number of carbonyl (C=O) groups excluding carboxylic acids is 1. The molecule has 1 aromatic heterocycles. The van der Waals surface area contributed by atoms with Crippen LogP contribution in [-0.2, 0) is 0 Å². The zero-order chi connectivity index (χ0) is 20.4. The first-order valence-corrected chi connectivity index (χ1v) is 10.0. The van der Waals surface area contributed by atoms with Gasteiger partial charge in [0.15, 0.2) is 5.82 Å². The van der Waals surface area contributed by atoms with E-state index in [2.05, 4.69) is 31.3 Å². The number of anilines is 1. The van der Waals surface area contributed by atoms with Gasteiger partial charge in [-0.05, 0) is 55.0 Å². The van der Waals surface area contributed by atoms with E-state index in [0.29, 0.717) is 16.5 Å². The predicted octanol–water partition coefficient (Wildman–Crippen LogP) is 5.91. The highest BCUT2D eigenvalue weighted by Gasteiger charge is 2.20. The highest BCUT2D eigenvalue weighted by Crippen LogP contribution is 2.25. The second kappa shape index (κ2) is 8.19. The minimum absolute atomic E-state index is 0.0751. The van der Waals surface area contributed by atoms with Crippen LogP contribution in [0.4, 0.5) is 5.69 Å². The zero-order valence-corrected chi connectivity index (χ0v) is 17.8. The molecule has 5 nitrogen and oxygen atoms in total. The monoisotopic (exact) mass is 466 g/mol. The predicted molar refractivity (Wildman–Crippen MR) is 119 cm³/mol. The summed E-state index contributed by atoms with van der Waals surface area (Å²) in [6, 6.07) is 22.4. The molecule has 3 aromatic carbocycles. The van der Waals surface area contributed by atoms with Crippen LogP contribution in [0.1, 0.15) is 16.2 Å². The lowest BCUT2D eigenvalue weighted by Crippen LogP contribution is -2.14. The van der Waals surface area contributed by atoms with Crippen LogP contribution in [0.2, 0.25) is 5.02 Å². The molecular weight excluding hydrogens is 452 g/mol. The second-order valence-electron chi connectivity index (χ2n) is 6.43. The summed E-state index contributed by atoms with van der Waals surface area (Å²) in [7, 11) is 0. The van der Waals surface area contributed by atoms with Gasteiger partial charge in [-0.2, -0.15) is 0 Å². The normalized spacial score (nSPS) is 10.7. The molecule has 0 fully saturated rings. The molecule has 1 N–H and O–H groups in total. The Kier molecular flexibility index (Phi) is 5.47. The molecule has 0 unspecified atom stereocenters. The van der Waals surface area contributed by atoms with Crippen LogP contribution in [0.15, 0.2) is 77.3 Å². The topological polar surface area (TPSA) is 59.8 Å². The van der Waals surface area contributed by atoms with E-state index in [4.69, 9.17) is 11.6 Å². The van der Waals surface area contributed by atoms with Crippen molar-refractivity contribution in [3.05, 3.63) is 93.7 Å². The van der Waals surface area contributed by atoms with Gasteiger partial charge >= 0.3 is 0 Å². The number of aryl methyl sites for hydroxylation is 1. The van der Waals surface area contributed by atoms with Gasteiger partial charge in [-0.15, -0.1) is 5.10 Å². The summed E-state index contributed by atoms with van der Waals surface area (Å²) in [5.74, 6) is 0.233. The fourth-order valence-electron chi connectivity index (χ4n) is 2.91. The highest BCUT2D eigenvalue weighted by molar-refractivity contribution is 9.10. The third-order valence-corrected chi connectivity index (χ3v) is 5.10. The van der Waals surface area contributed by atoms with Crippen molar-refractivity contribution < 1.29 is 4.79 Å². The average molecular weight is 468 g/mol. The molecule has 0 radical (unpaired) electrons. The molecule has 144 valence electrons. The number of aromatic nitrogens is 3. The number of nitrogens with one attached hydrogen (secondary N) is 1. The fourth-order valence-corrected chi connectivity index (χ4v) is 3.37. The van der Waals surface area contributed by atoms with Crippen molar-refractivity contribution in [2.24, 2.45) is 0 Å². The molecule has 1 heterocycles. The number of halogens is 2. The maximum Gasteiger partial charge on any atom is 0.295 e. The lowest BCUT2D eigenvalue weighted by Gasteiger charge is -2.08. The van der Waals surface area contributed by atoms with E-state index in [1.165, 1.54) is 0 Å². The van der Waals surface area contributed by atoms with Crippen molar-refractivity contribution >= 4 is 39.1 Å². The van der Waals surface area contributed by atoms with E-state index in [1.807, 2.05) is 55.5 Å². The van der Waals surface area contributed by atoms with Gasteiger partial charge in [0.25, 0.3) is 5.91 Å². The smallest absolute Gasteiger partial charge is 0.295 e. The van der Waals surface area contributed by atoms with Gasteiger partial charge in [0.1, 0.15) is 0 Å². The Hall–Kier alpha value is -2.96. The Morgan fingerprint density at radius 2 is 1.79 bits per heavy atom. The molecule has 1 amide bonds. The standard InChI is InChI=1S/C22H16BrClN4O/c1-14-5-2-3-8-19(14)28-21(15-6-4-7-17(24)13-15)26-20(27-28)22(29)25-18-11-9-16(23)10-12-18/h2-13H,1H3,(H,25,29). The SMILES string of the molecule is Cc1ccccc1-n1nc(C(=O)Nc2ccc(Br)cc2)nc1-c1cccc(Cl)c1. The first-order valence-electron chi connectivity index (χ1n) is 8.87. The number of hydrogen-bond acceptors (Lipinski definition) is 3. The summed E-state index contributed by atoms with van der Waals surface area (Å²) in [5.41, 5.74) is 3.30. The van der Waals surface area contributed by atoms with Gasteiger partial charge in [-0.3, -0.25) is 4.79 Å². The number of rotatable bonds is 4. The molecule has 0 spiro atoms. The third kappa shape index (κ3) is 4.23. The van der Waals surface area contributed by atoms with E-state index >= 15 is 0 Å². The molecule has 0 saturated carbocycles. The fraction of sp³-hybridized carbons (Fsp3) is 0.0455. The first-order chi connectivity index (χ1) is 14.0. The molecule has 0 aliphatic heterocycles. The average Bonchev–Trinajstić information content (AvgIpc) is 3.15. The van der Waals surface area contributed by atoms with E-state index in [-0.39, 0.29) is 11.7 Å². The minimum atomic E-state index is -0.386. The molecule has 0 atom stereocenters. The van der Waals surface area contributed by atoms with Gasteiger partial charge in [0, 0.05) is 20.7 Å². The number of hydrogen-bond donors (Lipinski definition) is 1. The number of benzene rings is 3. The van der Waals surface area contributed by atoms with E-state index in [1.54, 1.807) is 28.9 Å². The van der Waals surface area contributed by atoms with Crippen molar-refractivity contribution in [1.82, 2.24) is 14.8 Å². The molecule has 0 saturated heterocycles. The van der Waals surface area contributed by atoms with E-state index in [0.717, 1.165) is 21.3 Å². The van der Waals surface area contributed by atoms with Crippen molar-refractivity contribution in [3.63, 3.8) is 0 Å². The molecule has 4 rings (SSSR count). The van der Waals surface area contributed by atoms with Gasteiger partial charge in [0.2, 0.25) is 5.82 Å². The van der Waals surface area contributed by atoms with Crippen molar-refractivity contribution in [1.29, 1.82) is 0 Å². The number of para-hydroxylation sites is 1. The largest absolute Gasteiger partial charge is 0.319 e. The number of amides is 1. The lowest BCUT2D eigenvalue weighted by atomic mass is 10.2. The van der Waals surface area contributed by atoms with Crippen molar-refractivity contribution in [3.8, 4) is 17.1 Å². The van der Waals surface area contributed by atoms with Crippen LogP contribution in [0.25, 0.3) is 17.1 Å². The van der Waals surface area contributed by atoms with Gasteiger partial charge in [0.05, 0.1) is 5.69 Å². The van der Waals surface area contributed by atoms with Gasteiger partial charge in [-0.25, -0.2) is 9.67 Å². The summed E-state index contributed by atoms with van der Waals surface area (Å²) in [5, 5.41) is 7.92. The molecule has 0 bridgehead atoms. The number of nitrogens with zero attached hydrogens (tertiary/aromatic N) is 3. The Balaban J connectivity index is 1.78. The summed E-state index contributed by atoms with van der Waals surface area (Å²) >= 11 is 9.56. The van der Waals surface area contributed by atoms with Gasteiger partial charge in [-0.1, -0.05) is 57.9 Å². The minimum Gasteiger partial charge on any atom is -0.319 e. The molecule has 4 aromatic rings. The van der Waals surface area contributed by atoms with Crippen LogP contribution < -0.4 is 5.32 Å². The molecular formula is C22H16BrClN4O. The summed E-state index contributed by atoms with van der Waals surface area (Å²) < 4.78 is 2.61. The van der Waals surface area contributed by atoms with E-state index < -0.39 is 0 Å². The van der Waals surface area contributed by atoms with Gasteiger partial charge < -0.3 is 5.32 Å². The Morgan fingerprint density at radius 1 is 1.03 bits per heavy atom. The lowest BCUT2D eigenvalue weighted by molar-refractivity contribution is 0.101. The Labute approximate surface area is 181 Å². The number of carbonyl (C=O) groups is 1. The molecule has 0 aliphatic carbocycles. The van der Waals surface area contributed by atoms with Crippen LogP contribution in [-0.4, -0.2) is 20.7 Å². The molecule has 0 aliphatic rings. The summed E-state index contributed by atoms with van der Waals surface area (Å²) in [4.78, 5) is 17.3. The zero-order valence-electron chi connectivity index (χ0n) is 15.4. The maximum atomic E-state index is 12.8. The van der Waals surface area contributed by atoms with E-state index in [9.17, 15) is 4.79 Å². The third-order valence-electron chi connectivity index (χ3n) is 4.34. The molecule has 29 heavy (non-hydrogen) atoms. The second-order valence-corrected chi connectivity index (χ2v) is 7.78. The van der Waals surface area contributed by atoms with Crippen molar-refractivity contribution in [2.75, 3.05) is 5.32 Å². The van der Waals surface area contributed by atoms with Crippen LogP contribution in [0, 0.1) is 6.92 Å².